The highest BCUT2D eigenvalue weighted by Gasteiger charge is 2.36. The lowest BCUT2D eigenvalue weighted by molar-refractivity contribution is 0.272. The van der Waals surface area contributed by atoms with Gasteiger partial charge in [0, 0.05) is 90.1 Å². The Morgan fingerprint density at radius 3 is 0.667 bits per heavy atom. The van der Waals surface area contributed by atoms with Crippen LogP contribution < -0.4 is 0 Å². The zero-order valence-corrected chi connectivity index (χ0v) is 71.2. The Morgan fingerprint density at radius 1 is 0.267 bits per heavy atom. The fourth-order valence-electron chi connectivity index (χ4n) is 21.0. The average molecular weight is 1690 g/mol. The minimum atomic E-state index is -0.193. The molecule has 4 aliphatic carbocycles. The molecule has 8 aromatic heterocycles. The number of fused-ring (bicyclic) bond motifs is 8. The molecule has 616 valence electrons. The molecule has 16 aromatic rings. The summed E-state index contributed by atoms with van der Waals surface area (Å²) in [6.45, 7) is 8.98. The predicted octanol–water partition coefficient (Wildman–Crippen LogP) is 29.5. The van der Waals surface area contributed by atoms with E-state index in [1.807, 2.05) is 97.6 Å². The van der Waals surface area contributed by atoms with E-state index in [0.717, 1.165) is 260 Å². The normalized spacial score (nSPS) is 20.6. The molecule has 0 radical (unpaired) electrons. The Balaban J connectivity index is 0.000000114. The van der Waals surface area contributed by atoms with Crippen molar-refractivity contribution in [3.63, 3.8) is 0 Å². The molecule has 0 aliphatic heterocycles. The van der Waals surface area contributed by atoms with Crippen LogP contribution in [0, 0.1) is 46.9 Å². The fourth-order valence-corrected chi connectivity index (χ4v) is 21.7. The average Bonchev–Trinajstić information content (AvgIpc) is 1.77. The summed E-state index contributed by atoms with van der Waals surface area (Å²) in [6.07, 6.45) is 29.8. The van der Waals surface area contributed by atoms with E-state index in [0.29, 0.717) is 71.0 Å². The lowest BCUT2D eigenvalue weighted by Gasteiger charge is -2.33. The third-order valence-electron chi connectivity index (χ3n) is 27.1. The van der Waals surface area contributed by atoms with Crippen molar-refractivity contribution in [1.29, 1.82) is 0 Å². The van der Waals surface area contributed by atoms with Gasteiger partial charge in [0.1, 0.15) is 46.6 Å². The second kappa shape index (κ2) is 36.8. The van der Waals surface area contributed by atoms with E-state index in [1.165, 1.54) is 46.5 Å². The number of hydrogen-bond acceptors (Lipinski definition) is 8. The number of halogens is 8. The number of aromatic nitrogens is 12. The van der Waals surface area contributed by atoms with Crippen molar-refractivity contribution in [2.75, 3.05) is 0 Å². The minimum Gasteiger partial charge on any atom is -0.342 e. The molecule has 0 amide bonds. The molecule has 8 heterocycles. The first kappa shape index (κ1) is 82.5. The van der Waals surface area contributed by atoms with Crippen LogP contribution in [-0.4, -0.2) is 59.8 Å². The van der Waals surface area contributed by atoms with Crippen LogP contribution >= 0.6 is 46.4 Å². The Kier molecular flexibility index (Phi) is 25.3. The van der Waals surface area contributed by atoms with Crippen molar-refractivity contribution >= 4 is 134 Å². The Morgan fingerprint density at radius 2 is 0.467 bits per heavy atom. The third-order valence-corrected chi connectivity index (χ3v) is 28.0. The SMILES string of the molecule is CC[C@@H](c1nc2ccc(Cl)cc2[nH]1)C1CCC(c2ccnc3ccc(F)cc23)CC1.CC[C@@H](c1nc2ccc(Cl)cc2[nH]1)C1CCC(c2ccnc3ccc(F)cc23)CC1.CC[C@H](c1nc2ccc(Cl)cc2[nH]1)C1CCC(c2ccnc3ccc(F)cc23)CC1.CC[C@H](c1nc2ccc(Cl)cc2[nH]1)C1CCC(c2ccnc3ccc(F)cc23)CC1. The predicted molar refractivity (Wildman–Crippen MR) is 482 cm³/mol. The quantitative estimate of drug-likeness (QED) is 0.0694. The number of hydrogen-bond donors (Lipinski definition) is 4. The zero-order valence-electron chi connectivity index (χ0n) is 68.1. The number of aromatic amines is 4. The Bertz CT molecular complexity index is 5530. The molecular weight excluding hydrogens is 1590 g/mol. The monoisotopic (exact) mass is 1680 g/mol. The summed E-state index contributed by atoms with van der Waals surface area (Å²) in [5.41, 5.74) is 16.4. The largest absolute Gasteiger partial charge is 0.342 e. The van der Waals surface area contributed by atoms with E-state index < -0.39 is 0 Å². The molecule has 4 atom stereocenters. The molecule has 20 rings (SSSR count). The van der Waals surface area contributed by atoms with E-state index in [-0.39, 0.29) is 23.3 Å². The van der Waals surface area contributed by atoms with Crippen molar-refractivity contribution in [1.82, 2.24) is 59.8 Å². The van der Waals surface area contributed by atoms with Gasteiger partial charge >= 0.3 is 0 Å². The summed E-state index contributed by atoms with van der Waals surface area (Å²) >= 11 is 24.6. The van der Waals surface area contributed by atoms with E-state index in [1.54, 1.807) is 48.5 Å². The second-order valence-electron chi connectivity index (χ2n) is 33.9. The molecule has 0 unspecified atom stereocenters. The topological polar surface area (TPSA) is 166 Å². The van der Waals surface area contributed by atoms with Crippen LogP contribution in [0.15, 0.2) is 195 Å². The van der Waals surface area contributed by atoms with Crippen LogP contribution in [0.2, 0.25) is 20.1 Å². The lowest BCUT2D eigenvalue weighted by atomic mass is 9.72. The summed E-state index contributed by atoms with van der Waals surface area (Å²) in [5.74, 6) is 9.47. The maximum atomic E-state index is 13.9. The van der Waals surface area contributed by atoms with Gasteiger partial charge in [-0.15, -0.1) is 0 Å². The van der Waals surface area contributed by atoms with Gasteiger partial charge < -0.3 is 19.9 Å². The van der Waals surface area contributed by atoms with Gasteiger partial charge in [-0.2, -0.15) is 0 Å². The lowest BCUT2D eigenvalue weighted by Crippen LogP contribution is -2.20. The first-order valence-electron chi connectivity index (χ1n) is 43.3. The maximum absolute atomic E-state index is 13.9. The van der Waals surface area contributed by atoms with Crippen LogP contribution in [0.5, 0.6) is 0 Å². The summed E-state index contributed by atoms with van der Waals surface area (Å²) < 4.78 is 55.4. The Hall–Kier alpha value is -9.84. The molecule has 0 spiro atoms. The minimum absolute atomic E-state index is 0.193. The molecule has 4 aliphatic rings. The molecule has 4 N–H and O–H groups in total. The number of nitrogens with one attached hydrogen (secondary N) is 4. The van der Waals surface area contributed by atoms with E-state index in [2.05, 4.69) is 91.8 Å². The second-order valence-corrected chi connectivity index (χ2v) is 35.6. The van der Waals surface area contributed by atoms with Crippen LogP contribution in [0.4, 0.5) is 17.6 Å². The van der Waals surface area contributed by atoms with Gasteiger partial charge in [-0.05, 0) is 368 Å². The smallest absolute Gasteiger partial charge is 0.123 e. The standard InChI is InChI=1S/4C25H25ClFN3/c4*1-2-19(25-29-23-9-7-17(26)13-24(23)30-25)15-3-5-16(6-4-15)20-11-12-28-22-10-8-18(27)14-21(20)22/h4*7-16,19H,2-6H2,1H3,(H,29,30)/t4*15?,16?,19-/m1100/s1. The number of benzene rings is 8. The van der Waals surface area contributed by atoms with Crippen LogP contribution in [0.1, 0.15) is 249 Å². The van der Waals surface area contributed by atoms with Crippen LogP contribution in [0.3, 0.4) is 0 Å². The molecule has 0 bridgehead atoms. The van der Waals surface area contributed by atoms with Gasteiger partial charge in [-0.1, -0.05) is 74.1 Å². The van der Waals surface area contributed by atoms with Gasteiger partial charge in [0.2, 0.25) is 0 Å². The molecule has 8 aromatic carbocycles. The fraction of sp³-hybridized carbons (Fsp3) is 0.360. The van der Waals surface area contributed by atoms with Gasteiger partial charge in [0.05, 0.1) is 66.2 Å². The summed E-state index contributed by atoms with van der Waals surface area (Å²) in [7, 11) is 0. The van der Waals surface area contributed by atoms with Gasteiger partial charge in [0.15, 0.2) is 0 Å². The highest BCUT2D eigenvalue weighted by Crippen LogP contribution is 2.50. The first-order valence-corrected chi connectivity index (χ1v) is 44.8. The van der Waals surface area contributed by atoms with E-state index in [4.69, 9.17) is 66.3 Å². The van der Waals surface area contributed by atoms with Crippen molar-refractivity contribution in [2.24, 2.45) is 23.7 Å². The van der Waals surface area contributed by atoms with E-state index >= 15 is 0 Å². The van der Waals surface area contributed by atoms with Gasteiger partial charge in [-0.3, -0.25) is 19.9 Å². The van der Waals surface area contributed by atoms with Crippen LogP contribution in [0.25, 0.3) is 87.7 Å². The summed E-state index contributed by atoms with van der Waals surface area (Å²) in [4.78, 5) is 51.2. The Labute approximate surface area is 717 Å². The molecule has 12 nitrogen and oxygen atoms in total. The molecule has 4 fully saturated rings. The van der Waals surface area contributed by atoms with Crippen molar-refractivity contribution in [2.45, 2.75) is 203 Å². The summed E-state index contributed by atoms with van der Waals surface area (Å²) in [6, 6.07) is 51.2. The highest BCUT2D eigenvalue weighted by molar-refractivity contribution is 6.32. The number of nitrogens with zero attached hydrogens (tertiary/aromatic N) is 8. The van der Waals surface area contributed by atoms with Crippen molar-refractivity contribution in [3.05, 3.63) is 284 Å². The molecule has 4 saturated carbocycles. The molecule has 20 heteroatoms. The van der Waals surface area contributed by atoms with Crippen molar-refractivity contribution < 1.29 is 17.6 Å². The summed E-state index contributed by atoms with van der Waals surface area (Å²) in [5, 5.41) is 6.76. The first-order chi connectivity index (χ1) is 58.5. The van der Waals surface area contributed by atoms with E-state index in [9.17, 15) is 17.6 Å². The number of H-pyrrole nitrogens is 4. The van der Waals surface area contributed by atoms with Gasteiger partial charge in [-0.25, -0.2) is 37.5 Å². The number of imidazole rings is 4. The third kappa shape index (κ3) is 18.1. The molecular formula is C100H100Cl4F4N12. The number of rotatable bonds is 16. The maximum Gasteiger partial charge on any atom is 0.123 e. The number of pyridine rings is 4. The highest BCUT2D eigenvalue weighted by atomic mass is 35.5. The van der Waals surface area contributed by atoms with Crippen LogP contribution in [-0.2, 0) is 0 Å². The zero-order chi connectivity index (χ0) is 82.7. The molecule has 120 heavy (non-hydrogen) atoms. The van der Waals surface area contributed by atoms with Gasteiger partial charge in [0.25, 0.3) is 0 Å². The molecule has 0 saturated heterocycles. The van der Waals surface area contributed by atoms with Crippen molar-refractivity contribution in [3.8, 4) is 0 Å².